The molecule has 0 aliphatic carbocycles. The molecule has 1 aliphatic heterocycles. The van der Waals surface area contributed by atoms with Crippen molar-refractivity contribution in [3.63, 3.8) is 0 Å². The van der Waals surface area contributed by atoms with Gasteiger partial charge in [-0.15, -0.1) is 0 Å². The molecule has 1 amide bonds. The summed E-state index contributed by atoms with van der Waals surface area (Å²) in [5.74, 6) is 0.486. The van der Waals surface area contributed by atoms with Crippen LogP contribution in [0.25, 0.3) is 0 Å². The Morgan fingerprint density at radius 1 is 1.36 bits per heavy atom. The van der Waals surface area contributed by atoms with E-state index in [1.807, 2.05) is 32.9 Å². The summed E-state index contributed by atoms with van der Waals surface area (Å²) in [5.41, 5.74) is 0.825. The fourth-order valence-corrected chi connectivity index (χ4v) is 2.74. The summed E-state index contributed by atoms with van der Waals surface area (Å²) in [4.78, 5) is 14.1. The van der Waals surface area contributed by atoms with Crippen molar-refractivity contribution in [2.24, 2.45) is 5.92 Å². The number of ether oxygens (including phenoxy) is 1. The molecule has 0 spiro atoms. The average Bonchev–Trinajstić information content (AvgIpc) is 2.85. The second kappa shape index (κ2) is 7.34. The third-order valence-corrected chi connectivity index (χ3v) is 3.88. The number of nitrogens with one attached hydrogen (secondary N) is 1. The average molecular weight is 325 g/mol. The van der Waals surface area contributed by atoms with Crippen LogP contribution in [-0.4, -0.2) is 36.2 Å². The topological polar surface area (TPSA) is 41.6 Å². The highest BCUT2D eigenvalue weighted by Crippen LogP contribution is 2.19. The minimum Gasteiger partial charge on any atom is -0.444 e. The van der Waals surface area contributed by atoms with Crippen molar-refractivity contribution in [3.8, 4) is 0 Å². The Labute approximate surface area is 137 Å². The molecule has 122 valence electrons. The summed E-state index contributed by atoms with van der Waals surface area (Å²) in [6, 6.07) is 7.98. The zero-order valence-corrected chi connectivity index (χ0v) is 14.3. The van der Waals surface area contributed by atoms with E-state index in [1.54, 1.807) is 0 Å². The van der Waals surface area contributed by atoms with Crippen molar-refractivity contribution >= 4 is 17.7 Å². The Bertz CT molecular complexity index is 496. The first-order valence-corrected chi connectivity index (χ1v) is 8.13. The maximum atomic E-state index is 11.7. The highest BCUT2D eigenvalue weighted by molar-refractivity contribution is 6.30. The lowest BCUT2D eigenvalue weighted by Gasteiger charge is -2.21. The number of likely N-dealkylation sites (tertiary alicyclic amines) is 1. The summed E-state index contributed by atoms with van der Waals surface area (Å²) < 4.78 is 5.26. The van der Waals surface area contributed by atoms with Gasteiger partial charge < -0.3 is 10.1 Å². The number of carbonyl (C=O) groups excluding carboxylic acids is 1. The minimum atomic E-state index is -0.444. The van der Waals surface area contributed by atoms with Crippen molar-refractivity contribution in [1.82, 2.24) is 10.2 Å². The van der Waals surface area contributed by atoms with Crippen molar-refractivity contribution < 1.29 is 9.53 Å². The smallest absolute Gasteiger partial charge is 0.407 e. The second-order valence-electron chi connectivity index (χ2n) is 6.90. The van der Waals surface area contributed by atoms with Crippen LogP contribution < -0.4 is 5.32 Å². The molecule has 1 aliphatic rings. The number of amides is 1. The van der Waals surface area contributed by atoms with Crippen LogP contribution in [0.1, 0.15) is 32.8 Å². The first-order valence-electron chi connectivity index (χ1n) is 7.75. The summed E-state index contributed by atoms with van der Waals surface area (Å²) in [5, 5.41) is 3.64. The number of alkyl carbamates (subject to hydrolysis) is 1. The Hall–Kier alpha value is -1.26. The number of halogens is 1. The zero-order valence-electron chi connectivity index (χ0n) is 13.6. The van der Waals surface area contributed by atoms with Gasteiger partial charge in [-0.3, -0.25) is 4.90 Å². The molecule has 0 aromatic heterocycles. The van der Waals surface area contributed by atoms with Crippen molar-refractivity contribution in [2.45, 2.75) is 39.3 Å². The largest absolute Gasteiger partial charge is 0.444 e. The quantitative estimate of drug-likeness (QED) is 0.918. The zero-order chi connectivity index (χ0) is 16.2. The molecule has 1 aromatic carbocycles. The highest BCUT2D eigenvalue weighted by atomic mass is 35.5. The maximum absolute atomic E-state index is 11.7. The van der Waals surface area contributed by atoms with Crippen LogP contribution in [0.15, 0.2) is 24.3 Å². The van der Waals surface area contributed by atoms with Gasteiger partial charge in [0.15, 0.2) is 0 Å². The van der Waals surface area contributed by atoms with Crippen LogP contribution in [0.5, 0.6) is 0 Å². The molecule has 5 heteroatoms. The third-order valence-electron chi connectivity index (χ3n) is 3.62. The van der Waals surface area contributed by atoms with Gasteiger partial charge >= 0.3 is 6.09 Å². The van der Waals surface area contributed by atoms with Crippen molar-refractivity contribution in [3.05, 3.63) is 34.9 Å². The molecule has 1 fully saturated rings. The number of hydrogen-bond acceptors (Lipinski definition) is 3. The number of nitrogens with zero attached hydrogens (tertiary/aromatic N) is 1. The first-order chi connectivity index (χ1) is 10.3. The lowest BCUT2D eigenvalue weighted by molar-refractivity contribution is 0.0519. The molecule has 0 saturated carbocycles. The van der Waals surface area contributed by atoms with E-state index in [0.717, 1.165) is 31.1 Å². The van der Waals surface area contributed by atoms with Crippen molar-refractivity contribution in [1.29, 1.82) is 0 Å². The van der Waals surface area contributed by atoms with Gasteiger partial charge in [-0.05, 0) is 57.4 Å². The van der Waals surface area contributed by atoms with Gasteiger partial charge in [-0.25, -0.2) is 4.79 Å². The van der Waals surface area contributed by atoms with E-state index in [4.69, 9.17) is 16.3 Å². The van der Waals surface area contributed by atoms with Crippen LogP contribution in [-0.2, 0) is 11.3 Å². The number of rotatable bonds is 4. The predicted octanol–water partition coefficient (Wildman–Crippen LogP) is 3.69. The molecule has 2 rings (SSSR count). The molecule has 1 aromatic rings. The summed E-state index contributed by atoms with van der Waals surface area (Å²) in [7, 11) is 0. The normalized spacial score (nSPS) is 19.2. The van der Waals surface area contributed by atoms with Gasteiger partial charge in [0, 0.05) is 24.7 Å². The van der Waals surface area contributed by atoms with Crippen LogP contribution >= 0.6 is 11.6 Å². The van der Waals surface area contributed by atoms with Crippen molar-refractivity contribution in [2.75, 3.05) is 19.6 Å². The predicted molar refractivity (Wildman–Crippen MR) is 89.1 cm³/mol. The van der Waals surface area contributed by atoms with Crippen LogP contribution in [0.3, 0.4) is 0 Å². The number of carbonyl (C=O) groups is 1. The van der Waals surface area contributed by atoms with E-state index in [2.05, 4.69) is 22.3 Å². The Morgan fingerprint density at radius 3 is 2.68 bits per heavy atom. The number of hydrogen-bond donors (Lipinski definition) is 1. The molecule has 22 heavy (non-hydrogen) atoms. The third kappa shape index (κ3) is 5.85. The summed E-state index contributed by atoms with van der Waals surface area (Å²) >= 11 is 5.90. The molecule has 4 nitrogen and oxygen atoms in total. The van der Waals surface area contributed by atoms with Gasteiger partial charge in [0.1, 0.15) is 5.60 Å². The fraction of sp³-hybridized carbons (Fsp3) is 0.588. The minimum absolute atomic E-state index is 0.330. The first kappa shape index (κ1) is 17.1. The Morgan fingerprint density at radius 2 is 2.05 bits per heavy atom. The van der Waals surface area contributed by atoms with Gasteiger partial charge in [0.2, 0.25) is 0 Å². The second-order valence-corrected chi connectivity index (χ2v) is 7.34. The maximum Gasteiger partial charge on any atom is 0.407 e. The number of benzene rings is 1. The van der Waals surface area contributed by atoms with Gasteiger partial charge in [-0.1, -0.05) is 23.7 Å². The molecule has 1 saturated heterocycles. The molecule has 1 atom stereocenters. The monoisotopic (exact) mass is 324 g/mol. The Kier molecular flexibility index (Phi) is 5.70. The van der Waals surface area contributed by atoms with E-state index in [1.165, 1.54) is 5.56 Å². The van der Waals surface area contributed by atoms with Crippen LogP contribution in [0.2, 0.25) is 5.02 Å². The van der Waals surface area contributed by atoms with E-state index in [0.29, 0.717) is 12.5 Å². The van der Waals surface area contributed by atoms with E-state index in [-0.39, 0.29) is 6.09 Å². The molecule has 1 heterocycles. The highest BCUT2D eigenvalue weighted by Gasteiger charge is 2.24. The van der Waals surface area contributed by atoms with Gasteiger partial charge in [0.25, 0.3) is 0 Å². The summed E-state index contributed by atoms with van der Waals surface area (Å²) in [6.45, 7) is 9.27. The fourth-order valence-electron chi connectivity index (χ4n) is 2.61. The van der Waals surface area contributed by atoms with E-state index < -0.39 is 5.60 Å². The van der Waals surface area contributed by atoms with Crippen LogP contribution in [0.4, 0.5) is 4.79 Å². The van der Waals surface area contributed by atoms with Gasteiger partial charge in [0.05, 0.1) is 0 Å². The SMILES string of the molecule is CC(C)(C)OC(=O)NCC1CCN(Cc2ccc(Cl)cc2)C1. The molecule has 1 N–H and O–H groups in total. The molecular formula is C17H25ClN2O2. The molecular weight excluding hydrogens is 300 g/mol. The van der Waals surface area contributed by atoms with Crippen LogP contribution in [0, 0.1) is 5.92 Å². The molecule has 1 unspecified atom stereocenters. The Balaban J connectivity index is 1.71. The lowest BCUT2D eigenvalue weighted by Crippen LogP contribution is -2.35. The molecule has 0 bridgehead atoms. The van der Waals surface area contributed by atoms with E-state index >= 15 is 0 Å². The summed E-state index contributed by atoms with van der Waals surface area (Å²) in [6.07, 6.45) is 0.771. The standard InChI is InChI=1S/C17H25ClN2O2/c1-17(2,3)22-16(21)19-10-14-8-9-20(12-14)11-13-4-6-15(18)7-5-13/h4-7,14H,8-12H2,1-3H3,(H,19,21). The molecule has 0 radical (unpaired) electrons. The lowest BCUT2D eigenvalue weighted by atomic mass is 10.1. The van der Waals surface area contributed by atoms with Gasteiger partial charge in [-0.2, -0.15) is 0 Å². The van der Waals surface area contributed by atoms with E-state index in [9.17, 15) is 4.79 Å².